The Kier molecular flexibility index (Phi) is 7.87. The van der Waals surface area contributed by atoms with Gasteiger partial charge in [0.25, 0.3) is 5.91 Å². The predicted molar refractivity (Wildman–Crippen MR) is 107 cm³/mol. The molecule has 0 spiro atoms. The molecule has 28 heavy (non-hydrogen) atoms. The van der Waals surface area contributed by atoms with Gasteiger partial charge in [-0.15, -0.1) is 0 Å². The molecule has 0 heterocycles. The van der Waals surface area contributed by atoms with E-state index >= 15 is 0 Å². The summed E-state index contributed by atoms with van der Waals surface area (Å²) in [5.41, 5.74) is 2.63. The van der Waals surface area contributed by atoms with Gasteiger partial charge in [0, 0.05) is 18.7 Å². The summed E-state index contributed by atoms with van der Waals surface area (Å²) >= 11 is 0. The van der Waals surface area contributed by atoms with Crippen LogP contribution in [0, 0.1) is 6.92 Å². The second-order valence-corrected chi connectivity index (χ2v) is 6.43. The van der Waals surface area contributed by atoms with E-state index in [-0.39, 0.29) is 18.3 Å². The van der Waals surface area contributed by atoms with Crippen molar-refractivity contribution >= 4 is 11.9 Å². The molecule has 1 amide bonds. The van der Waals surface area contributed by atoms with Gasteiger partial charge in [-0.05, 0) is 43.2 Å². The fraction of sp³-hybridized carbons (Fsp3) is 0.364. The van der Waals surface area contributed by atoms with Crippen LogP contribution in [0.2, 0.25) is 0 Å². The summed E-state index contributed by atoms with van der Waals surface area (Å²) in [6, 6.07) is 13.1. The largest absolute Gasteiger partial charge is 0.493 e. The number of esters is 1. The number of hydrogen-bond donors (Lipinski definition) is 0. The molecule has 0 fully saturated rings. The summed E-state index contributed by atoms with van der Waals surface area (Å²) in [7, 11) is 4.52. The Bertz CT molecular complexity index is 818. The average molecular weight is 385 g/mol. The first-order chi connectivity index (χ1) is 13.5. The SMILES string of the molecule is COC(=O)CCN(CCc1ccc(OC)c(OC)c1)C(=O)c1cccc(C)c1. The van der Waals surface area contributed by atoms with E-state index in [1.165, 1.54) is 7.11 Å². The quantitative estimate of drug-likeness (QED) is 0.620. The highest BCUT2D eigenvalue weighted by atomic mass is 16.5. The van der Waals surface area contributed by atoms with Crippen LogP contribution in [0.5, 0.6) is 11.5 Å². The molecule has 150 valence electrons. The zero-order valence-electron chi connectivity index (χ0n) is 16.9. The monoisotopic (exact) mass is 385 g/mol. The molecular weight excluding hydrogens is 358 g/mol. The van der Waals surface area contributed by atoms with Gasteiger partial charge in [0.05, 0.1) is 27.8 Å². The normalized spacial score (nSPS) is 10.3. The third kappa shape index (κ3) is 5.74. The first-order valence-electron chi connectivity index (χ1n) is 9.12. The highest BCUT2D eigenvalue weighted by Crippen LogP contribution is 2.27. The van der Waals surface area contributed by atoms with Gasteiger partial charge in [0.15, 0.2) is 11.5 Å². The molecule has 0 saturated carbocycles. The minimum absolute atomic E-state index is 0.104. The Morgan fingerprint density at radius 1 is 0.929 bits per heavy atom. The number of rotatable bonds is 9. The lowest BCUT2D eigenvalue weighted by molar-refractivity contribution is -0.140. The molecule has 0 aromatic heterocycles. The molecule has 0 saturated heterocycles. The van der Waals surface area contributed by atoms with Crippen LogP contribution < -0.4 is 9.47 Å². The Morgan fingerprint density at radius 3 is 2.32 bits per heavy atom. The Labute approximate surface area is 166 Å². The van der Waals surface area contributed by atoms with Crippen LogP contribution in [-0.2, 0) is 16.0 Å². The van der Waals surface area contributed by atoms with Gasteiger partial charge in [-0.2, -0.15) is 0 Å². The van der Waals surface area contributed by atoms with Crippen molar-refractivity contribution in [1.82, 2.24) is 4.90 Å². The Balaban J connectivity index is 2.15. The number of nitrogens with zero attached hydrogens (tertiary/aromatic N) is 1. The van der Waals surface area contributed by atoms with Gasteiger partial charge < -0.3 is 19.1 Å². The lowest BCUT2D eigenvalue weighted by atomic mass is 10.1. The molecule has 0 N–H and O–H groups in total. The number of ether oxygens (including phenoxy) is 3. The third-order valence-corrected chi connectivity index (χ3v) is 4.48. The number of benzene rings is 2. The summed E-state index contributed by atoms with van der Waals surface area (Å²) in [6.45, 7) is 2.71. The minimum atomic E-state index is -0.340. The van der Waals surface area contributed by atoms with E-state index in [2.05, 4.69) is 0 Å². The molecule has 0 radical (unpaired) electrons. The third-order valence-electron chi connectivity index (χ3n) is 4.48. The second-order valence-electron chi connectivity index (χ2n) is 6.43. The van der Waals surface area contributed by atoms with Crippen molar-refractivity contribution in [2.45, 2.75) is 19.8 Å². The smallest absolute Gasteiger partial charge is 0.307 e. The van der Waals surface area contributed by atoms with Crippen LogP contribution in [-0.4, -0.2) is 51.2 Å². The van der Waals surface area contributed by atoms with E-state index in [1.807, 2.05) is 43.3 Å². The zero-order valence-corrected chi connectivity index (χ0v) is 16.9. The predicted octanol–water partition coefficient (Wildman–Crippen LogP) is 3.26. The van der Waals surface area contributed by atoms with Crippen molar-refractivity contribution in [2.75, 3.05) is 34.4 Å². The van der Waals surface area contributed by atoms with Crippen LogP contribution in [0.15, 0.2) is 42.5 Å². The highest BCUT2D eigenvalue weighted by Gasteiger charge is 2.18. The number of methoxy groups -OCH3 is 3. The number of carbonyl (C=O) groups is 2. The van der Waals surface area contributed by atoms with E-state index in [4.69, 9.17) is 14.2 Å². The highest BCUT2D eigenvalue weighted by molar-refractivity contribution is 5.94. The maximum atomic E-state index is 13.0. The topological polar surface area (TPSA) is 65.1 Å². The van der Waals surface area contributed by atoms with Crippen molar-refractivity contribution in [1.29, 1.82) is 0 Å². The standard InChI is InChI=1S/C22H27NO5/c1-16-6-5-7-18(14-16)22(25)23(13-11-21(24)28-4)12-10-17-8-9-19(26-2)20(15-17)27-3/h5-9,14-15H,10-13H2,1-4H3. The number of aryl methyl sites for hydroxylation is 1. The summed E-state index contributed by atoms with van der Waals surface area (Å²) in [5.74, 6) is 0.858. The summed E-state index contributed by atoms with van der Waals surface area (Å²) in [5, 5.41) is 0. The minimum Gasteiger partial charge on any atom is -0.493 e. The maximum Gasteiger partial charge on any atom is 0.307 e. The molecule has 0 aliphatic heterocycles. The molecule has 0 atom stereocenters. The van der Waals surface area contributed by atoms with Crippen LogP contribution in [0.25, 0.3) is 0 Å². The van der Waals surface area contributed by atoms with Crippen molar-refractivity contribution in [2.24, 2.45) is 0 Å². The molecule has 0 bridgehead atoms. The fourth-order valence-corrected chi connectivity index (χ4v) is 2.90. The zero-order chi connectivity index (χ0) is 20.5. The molecule has 0 aliphatic carbocycles. The number of amides is 1. The summed E-state index contributed by atoms with van der Waals surface area (Å²) in [6.07, 6.45) is 0.777. The number of carbonyl (C=O) groups excluding carboxylic acids is 2. The maximum absolute atomic E-state index is 13.0. The average Bonchev–Trinajstić information content (AvgIpc) is 2.72. The molecule has 0 aliphatic rings. The lowest BCUT2D eigenvalue weighted by Gasteiger charge is -2.23. The van der Waals surface area contributed by atoms with Crippen LogP contribution in [0.1, 0.15) is 27.9 Å². The van der Waals surface area contributed by atoms with Crippen LogP contribution in [0.3, 0.4) is 0 Å². The molecule has 6 heteroatoms. The Hall–Kier alpha value is -3.02. The molecule has 2 aromatic rings. The van der Waals surface area contributed by atoms with Gasteiger partial charge in [-0.3, -0.25) is 9.59 Å². The van der Waals surface area contributed by atoms with E-state index in [0.29, 0.717) is 36.6 Å². The van der Waals surface area contributed by atoms with Crippen molar-refractivity contribution in [3.05, 3.63) is 59.2 Å². The van der Waals surface area contributed by atoms with Gasteiger partial charge in [-0.1, -0.05) is 23.8 Å². The lowest BCUT2D eigenvalue weighted by Crippen LogP contribution is -2.35. The summed E-state index contributed by atoms with van der Waals surface area (Å²) in [4.78, 5) is 26.2. The van der Waals surface area contributed by atoms with E-state index in [1.54, 1.807) is 25.2 Å². The Morgan fingerprint density at radius 2 is 1.68 bits per heavy atom. The van der Waals surface area contributed by atoms with Crippen molar-refractivity contribution < 1.29 is 23.8 Å². The second kappa shape index (κ2) is 10.3. The molecular formula is C22H27NO5. The first kappa shape index (κ1) is 21.3. The number of hydrogen-bond acceptors (Lipinski definition) is 5. The molecule has 6 nitrogen and oxygen atoms in total. The van der Waals surface area contributed by atoms with Crippen molar-refractivity contribution in [3.8, 4) is 11.5 Å². The van der Waals surface area contributed by atoms with Crippen LogP contribution in [0.4, 0.5) is 0 Å². The van der Waals surface area contributed by atoms with Gasteiger partial charge >= 0.3 is 5.97 Å². The van der Waals surface area contributed by atoms with E-state index in [9.17, 15) is 9.59 Å². The van der Waals surface area contributed by atoms with Crippen LogP contribution >= 0.6 is 0 Å². The fourth-order valence-electron chi connectivity index (χ4n) is 2.90. The summed E-state index contributed by atoms with van der Waals surface area (Å²) < 4.78 is 15.3. The molecule has 2 rings (SSSR count). The van der Waals surface area contributed by atoms with Gasteiger partial charge in [0.2, 0.25) is 0 Å². The van der Waals surface area contributed by atoms with E-state index in [0.717, 1.165) is 11.1 Å². The molecule has 2 aromatic carbocycles. The molecule has 0 unspecified atom stereocenters. The van der Waals surface area contributed by atoms with Gasteiger partial charge in [-0.25, -0.2) is 0 Å². The van der Waals surface area contributed by atoms with Gasteiger partial charge in [0.1, 0.15) is 0 Å². The van der Waals surface area contributed by atoms with Crippen molar-refractivity contribution in [3.63, 3.8) is 0 Å². The van der Waals surface area contributed by atoms with E-state index < -0.39 is 0 Å². The first-order valence-corrected chi connectivity index (χ1v) is 9.12.